The Bertz CT molecular complexity index is 780. The number of ether oxygens (including phenoxy) is 1. The molecule has 1 aromatic heterocycles. The maximum Gasteiger partial charge on any atom is 0.339 e. The fourth-order valence-corrected chi connectivity index (χ4v) is 3.21. The summed E-state index contributed by atoms with van der Waals surface area (Å²) in [6, 6.07) is 8.17. The minimum absolute atomic E-state index is 0.0478. The summed E-state index contributed by atoms with van der Waals surface area (Å²) >= 11 is 0. The maximum atomic E-state index is 12.5. The van der Waals surface area contributed by atoms with E-state index in [1.165, 1.54) is 25.6 Å². The molecule has 0 aliphatic carbocycles. The van der Waals surface area contributed by atoms with Crippen LogP contribution in [0.15, 0.2) is 47.6 Å². The SMILES string of the molecule is COC(=O)c1ccn(S(=O)(=O)c2ccc(C(C)(C)C)cc2)c1. The van der Waals surface area contributed by atoms with Crippen LogP contribution in [0.3, 0.4) is 0 Å². The minimum Gasteiger partial charge on any atom is -0.465 e. The number of carbonyl (C=O) groups excluding carboxylic acids is 1. The molecule has 0 saturated heterocycles. The molecule has 0 saturated carbocycles. The molecule has 2 aromatic rings. The van der Waals surface area contributed by atoms with Crippen LogP contribution in [-0.2, 0) is 20.2 Å². The van der Waals surface area contributed by atoms with E-state index in [2.05, 4.69) is 25.5 Å². The van der Waals surface area contributed by atoms with Crippen LogP contribution in [0.4, 0.5) is 0 Å². The molecule has 1 aromatic carbocycles. The number of esters is 1. The van der Waals surface area contributed by atoms with Gasteiger partial charge in [0.25, 0.3) is 10.0 Å². The number of hydrogen-bond acceptors (Lipinski definition) is 4. The fraction of sp³-hybridized carbons (Fsp3) is 0.312. The third kappa shape index (κ3) is 3.06. The Labute approximate surface area is 130 Å². The van der Waals surface area contributed by atoms with Gasteiger partial charge in [-0.1, -0.05) is 32.9 Å². The molecule has 5 nitrogen and oxygen atoms in total. The Morgan fingerprint density at radius 1 is 1.09 bits per heavy atom. The molecule has 118 valence electrons. The molecular formula is C16H19NO4S. The molecule has 2 rings (SSSR count). The molecule has 0 atom stereocenters. The van der Waals surface area contributed by atoms with Gasteiger partial charge in [-0.15, -0.1) is 0 Å². The van der Waals surface area contributed by atoms with Crippen LogP contribution < -0.4 is 0 Å². The number of carbonyl (C=O) groups is 1. The van der Waals surface area contributed by atoms with Gasteiger partial charge in [0.15, 0.2) is 0 Å². The van der Waals surface area contributed by atoms with Gasteiger partial charge in [-0.25, -0.2) is 17.2 Å². The lowest BCUT2D eigenvalue weighted by Crippen LogP contribution is -2.14. The molecule has 0 spiro atoms. The molecule has 0 bridgehead atoms. The van der Waals surface area contributed by atoms with Crippen molar-refractivity contribution in [1.29, 1.82) is 0 Å². The Hall–Kier alpha value is -2.08. The van der Waals surface area contributed by atoms with Gasteiger partial charge >= 0.3 is 5.97 Å². The van der Waals surface area contributed by atoms with E-state index < -0.39 is 16.0 Å². The van der Waals surface area contributed by atoms with Crippen molar-refractivity contribution < 1.29 is 17.9 Å². The monoisotopic (exact) mass is 321 g/mol. The first kappa shape index (κ1) is 16.3. The van der Waals surface area contributed by atoms with E-state index >= 15 is 0 Å². The number of nitrogens with zero attached hydrogens (tertiary/aromatic N) is 1. The van der Waals surface area contributed by atoms with Crippen molar-refractivity contribution in [3.05, 3.63) is 53.9 Å². The maximum absolute atomic E-state index is 12.5. The predicted molar refractivity (Wildman–Crippen MR) is 83.5 cm³/mol. The van der Waals surface area contributed by atoms with Crippen LogP contribution in [0.5, 0.6) is 0 Å². The van der Waals surface area contributed by atoms with Gasteiger partial charge in [-0.05, 0) is 29.2 Å². The summed E-state index contributed by atoms with van der Waals surface area (Å²) in [5, 5.41) is 0. The zero-order valence-electron chi connectivity index (χ0n) is 13.0. The summed E-state index contributed by atoms with van der Waals surface area (Å²) in [6.45, 7) is 6.18. The molecule has 0 aliphatic rings. The second-order valence-corrected chi connectivity index (χ2v) is 7.84. The summed E-state index contributed by atoms with van der Waals surface area (Å²) in [6.07, 6.45) is 2.58. The molecule has 6 heteroatoms. The van der Waals surface area contributed by atoms with Crippen molar-refractivity contribution in [3.63, 3.8) is 0 Å². The summed E-state index contributed by atoms with van der Waals surface area (Å²) in [5.41, 5.74) is 1.19. The topological polar surface area (TPSA) is 65.4 Å². The lowest BCUT2D eigenvalue weighted by atomic mass is 9.87. The number of methoxy groups -OCH3 is 1. The smallest absolute Gasteiger partial charge is 0.339 e. The van der Waals surface area contributed by atoms with E-state index in [1.54, 1.807) is 24.3 Å². The van der Waals surface area contributed by atoms with Crippen LogP contribution >= 0.6 is 0 Å². The third-order valence-corrected chi connectivity index (χ3v) is 5.03. The van der Waals surface area contributed by atoms with Crippen LogP contribution in [-0.4, -0.2) is 25.5 Å². The summed E-state index contributed by atoms with van der Waals surface area (Å²) in [4.78, 5) is 11.6. The van der Waals surface area contributed by atoms with Gasteiger partial charge in [0.2, 0.25) is 0 Å². The number of aromatic nitrogens is 1. The highest BCUT2D eigenvalue weighted by Crippen LogP contribution is 2.24. The third-order valence-electron chi connectivity index (χ3n) is 3.38. The average Bonchev–Trinajstić information content (AvgIpc) is 2.96. The molecule has 0 fully saturated rings. The second kappa shape index (κ2) is 5.61. The van der Waals surface area contributed by atoms with E-state index in [-0.39, 0.29) is 15.9 Å². The van der Waals surface area contributed by atoms with Gasteiger partial charge in [-0.2, -0.15) is 0 Å². The largest absolute Gasteiger partial charge is 0.465 e. The number of benzene rings is 1. The van der Waals surface area contributed by atoms with Crippen molar-refractivity contribution in [2.24, 2.45) is 0 Å². The minimum atomic E-state index is -3.71. The van der Waals surface area contributed by atoms with E-state index in [9.17, 15) is 13.2 Å². The molecule has 0 radical (unpaired) electrons. The highest BCUT2D eigenvalue weighted by Gasteiger charge is 2.20. The number of rotatable bonds is 3. The Morgan fingerprint density at radius 3 is 2.18 bits per heavy atom. The zero-order chi connectivity index (χ0) is 16.5. The molecule has 0 N–H and O–H groups in total. The standard InChI is InChI=1S/C16H19NO4S/c1-16(2,3)13-5-7-14(8-6-13)22(19,20)17-10-9-12(11-17)15(18)21-4/h5-11H,1-4H3. The Balaban J connectivity index is 2.38. The van der Waals surface area contributed by atoms with Gasteiger partial charge < -0.3 is 4.74 Å². The molecule has 1 heterocycles. The van der Waals surface area contributed by atoms with Crippen LogP contribution in [0.25, 0.3) is 0 Å². The van der Waals surface area contributed by atoms with Crippen molar-refractivity contribution >= 4 is 16.0 Å². The first-order valence-electron chi connectivity index (χ1n) is 6.78. The van der Waals surface area contributed by atoms with E-state index in [0.717, 1.165) is 9.54 Å². The van der Waals surface area contributed by atoms with Crippen molar-refractivity contribution in [1.82, 2.24) is 3.97 Å². The van der Waals surface area contributed by atoms with Crippen molar-refractivity contribution in [2.75, 3.05) is 7.11 Å². The first-order chi connectivity index (χ1) is 10.2. The van der Waals surface area contributed by atoms with Crippen LogP contribution in [0, 0.1) is 0 Å². The summed E-state index contributed by atoms with van der Waals surface area (Å²) in [5.74, 6) is -0.572. The van der Waals surface area contributed by atoms with Crippen molar-refractivity contribution in [2.45, 2.75) is 31.1 Å². The van der Waals surface area contributed by atoms with E-state index in [1.807, 2.05) is 0 Å². The molecular weight excluding hydrogens is 302 g/mol. The lowest BCUT2D eigenvalue weighted by molar-refractivity contribution is 0.0601. The second-order valence-electron chi connectivity index (χ2n) is 6.00. The lowest BCUT2D eigenvalue weighted by Gasteiger charge is -2.19. The zero-order valence-corrected chi connectivity index (χ0v) is 13.8. The van der Waals surface area contributed by atoms with Gasteiger partial charge in [0.05, 0.1) is 17.6 Å². The summed E-state index contributed by atoms with van der Waals surface area (Å²) < 4.78 is 30.7. The molecule has 0 aliphatic heterocycles. The van der Waals surface area contributed by atoms with Crippen molar-refractivity contribution in [3.8, 4) is 0 Å². The molecule has 0 amide bonds. The summed E-state index contributed by atoms with van der Waals surface area (Å²) in [7, 11) is -2.46. The highest BCUT2D eigenvalue weighted by atomic mass is 32.2. The van der Waals surface area contributed by atoms with E-state index in [0.29, 0.717) is 0 Å². The fourth-order valence-electron chi connectivity index (χ4n) is 2.01. The molecule has 22 heavy (non-hydrogen) atoms. The molecule has 0 unspecified atom stereocenters. The van der Waals surface area contributed by atoms with E-state index in [4.69, 9.17) is 0 Å². The quantitative estimate of drug-likeness (QED) is 0.815. The predicted octanol–water partition coefficient (Wildman–Crippen LogP) is 2.81. The normalized spacial score (nSPS) is 12.2. The average molecular weight is 321 g/mol. The number of hydrogen-bond donors (Lipinski definition) is 0. The van der Waals surface area contributed by atoms with Gasteiger partial charge in [0.1, 0.15) is 0 Å². The highest BCUT2D eigenvalue weighted by molar-refractivity contribution is 7.90. The first-order valence-corrected chi connectivity index (χ1v) is 8.23. The van der Waals surface area contributed by atoms with Crippen LogP contribution in [0.2, 0.25) is 0 Å². The van der Waals surface area contributed by atoms with Gasteiger partial charge in [-0.3, -0.25) is 0 Å². The van der Waals surface area contributed by atoms with Crippen LogP contribution in [0.1, 0.15) is 36.7 Å². The van der Waals surface area contributed by atoms with Gasteiger partial charge in [0, 0.05) is 12.4 Å². The Morgan fingerprint density at radius 2 is 1.68 bits per heavy atom. The Kier molecular flexibility index (Phi) is 4.15.